The molecule has 0 atom stereocenters. The van der Waals surface area contributed by atoms with Crippen molar-refractivity contribution in [1.82, 2.24) is 9.66 Å². The smallest absolute Gasteiger partial charge is 0.156 e. The maximum atomic E-state index is 9.32. The van der Waals surface area contributed by atoms with Gasteiger partial charge in [0.1, 0.15) is 6.61 Å². The first-order valence-corrected chi connectivity index (χ1v) is 6.41. The topological polar surface area (TPSA) is 50.4 Å². The summed E-state index contributed by atoms with van der Waals surface area (Å²) < 4.78 is 1.68. The molecule has 0 saturated heterocycles. The summed E-state index contributed by atoms with van der Waals surface area (Å²) in [5.74, 6) is 0.545. The Morgan fingerprint density at radius 2 is 2.17 bits per heavy atom. The van der Waals surface area contributed by atoms with Gasteiger partial charge in [-0.1, -0.05) is 18.2 Å². The summed E-state index contributed by atoms with van der Waals surface area (Å²) in [7, 11) is 0. The van der Waals surface area contributed by atoms with Gasteiger partial charge >= 0.3 is 0 Å². The molecule has 0 saturated carbocycles. The highest BCUT2D eigenvalue weighted by molar-refractivity contribution is 7.11. The lowest BCUT2D eigenvalue weighted by Crippen LogP contribution is -1.97. The van der Waals surface area contributed by atoms with Gasteiger partial charge in [-0.3, -0.25) is 0 Å². The van der Waals surface area contributed by atoms with Gasteiger partial charge in [0.05, 0.1) is 17.2 Å². The Hall–Kier alpha value is -1.98. The van der Waals surface area contributed by atoms with Crippen molar-refractivity contribution >= 4 is 28.6 Å². The van der Waals surface area contributed by atoms with Crippen LogP contribution in [0, 0.1) is 0 Å². The predicted molar refractivity (Wildman–Crippen MR) is 73.0 cm³/mol. The van der Waals surface area contributed by atoms with Gasteiger partial charge in [0.15, 0.2) is 5.82 Å². The maximum Gasteiger partial charge on any atom is 0.156 e. The average Bonchev–Trinajstić information content (AvgIpc) is 3.03. The third-order valence-electron chi connectivity index (χ3n) is 2.59. The number of hydrogen-bond donors (Lipinski definition) is 1. The number of para-hydroxylation sites is 2. The van der Waals surface area contributed by atoms with Gasteiger partial charge in [0.2, 0.25) is 0 Å². The first-order valence-electron chi connectivity index (χ1n) is 5.53. The lowest BCUT2D eigenvalue weighted by molar-refractivity contribution is 0.267. The second kappa shape index (κ2) is 4.72. The van der Waals surface area contributed by atoms with Crippen LogP contribution in [0.25, 0.3) is 11.0 Å². The van der Waals surface area contributed by atoms with Gasteiger partial charge in [-0.15, -0.1) is 11.3 Å². The van der Waals surface area contributed by atoms with Crippen LogP contribution in [0.5, 0.6) is 0 Å². The average molecular weight is 257 g/mol. The molecule has 90 valence electrons. The molecule has 0 radical (unpaired) electrons. The highest BCUT2D eigenvalue weighted by atomic mass is 32.1. The fourth-order valence-electron chi connectivity index (χ4n) is 1.77. The van der Waals surface area contributed by atoms with Crippen molar-refractivity contribution in [2.24, 2.45) is 5.10 Å². The molecule has 0 unspecified atom stereocenters. The van der Waals surface area contributed by atoms with Crippen molar-refractivity contribution in [2.75, 3.05) is 0 Å². The van der Waals surface area contributed by atoms with Gasteiger partial charge < -0.3 is 5.11 Å². The van der Waals surface area contributed by atoms with Gasteiger partial charge in [-0.25, -0.2) is 9.66 Å². The third kappa shape index (κ3) is 1.94. The summed E-state index contributed by atoms with van der Waals surface area (Å²) in [5.41, 5.74) is 1.74. The van der Waals surface area contributed by atoms with Crippen LogP contribution in [0.15, 0.2) is 46.9 Å². The van der Waals surface area contributed by atoms with E-state index in [0.717, 1.165) is 15.9 Å². The Kier molecular flexibility index (Phi) is 2.92. The summed E-state index contributed by atoms with van der Waals surface area (Å²) in [6.45, 7) is -0.129. The number of benzene rings is 1. The van der Waals surface area contributed by atoms with Gasteiger partial charge in [-0.2, -0.15) is 5.10 Å². The van der Waals surface area contributed by atoms with Crippen LogP contribution in [-0.4, -0.2) is 21.0 Å². The zero-order valence-corrected chi connectivity index (χ0v) is 10.3. The van der Waals surface area contributed by atoms with Crippen LogP contribution in [0.3, 0.4) is 0 Å². The van der Waals surface area contributed by atoms with E-state index in [0.29, 0.717) is 5.82 Å². The van der Waals surface area contributed by atoms with E-state index in [1.165, 1.54) is 0 Å². The molecule has 0 bridgehead atoms. The minimum Gasteiger partial charge on any atom is -0.388 e. The van der Waals surface area contributed by atoms with Crippen LogP contribution in [-0.2, 0) is 6.61 Å². The molecule has 5 heteroatoms. The van der Waals surface area contributed by atoms with Crippen molar-refractivity contribution in [2.45, 2.75) is 6.61 Å². The summed E-state index contributed by atoms with van der Waals surface area (Å²) in [6.07, 6.45) is 1.78. The molecule has 3 rings (SSSR count). The zero-order valence-electron chi connectivity index (χ0n) is 9.52. The number of aliphatic hydroxyl groups is 1. The van der Waals surface area contributed by atoms with Crippen LogP contribution in [0.4, 0.5) is 0 Å². The number of aromatic nitrogens is 2. The van der Waals surface area contributed by atoms with Crippen molar-refractivity contribution in [3.63, 3.8) is 0 Å². The van der Waals surface area contributed by atoms with Crippen molar-refractivity contribution < 1.29 is 5.11 Å². The molecule has 1 aromatic carbocycles. The SMILES string of the molecule is OCc1nc2ccccc2n1N=Cc1cccs1. The molecule has 2 aromatic heterocycles. The fraction of sp³-hybridized carbons (Fsp3) is 0.0769. The zero-order chi connectivity index (χ0) is 12.4. The van der Waals surface area contributed by atoms with Crippen LogP contribution < -0.4 is 0 Å². The molecule has 0 aliphatic carbocycles. The van der Waals surface area contributed by atoms with E-state index in [1.54, 1.807) is 22.2 Å². The maximum absolute atomic E-state index is 9.32. The van der Waals surface area contributed by atoms with Gasteiger partial charge in [0, 0.05) is 4.88 Å². The molecule has 2 heterocycles. The second-order valence-corrected chi connectivity index (χ2v) is 4.73. The lowest BCUT2D eigenvalue weighted by Gasteiger charge is -1.98. The number of thiophene rings is 1. The molecule has 0 aliphatic heterocycles. The van der Waals surface area contributed by atoms with E-state index in [9.17, 15) is 5.11 Å². The Morgan fingerprint density at radius 1 is 1.28 bits per heavy atom. The number of nitrogens with zero attached hydrogens (tertiary/aromatic N) is 3. The molecule has 4 nitrogen and oxygen atoms in total. The largest absolute Gasteiger partial charge is 0.388 e. The minimum absolute atomic E-state index is 0.129. The molecule has 18 heavy (non-hydrogen) atoms. The van der Waals surface area contributed by atoms with E-state index in [4.69, 9.17) is 0 Å². The quantitative estimate of drug-likeness (QED) is 0.733. The van der Waals surface area contributed by atoms with E-state index >= 15 is 0 Å². The molecule has 3 aromatic rings. The summed E-state index contributed by atoms with van der Waals surface area (Å²) in [4.78, 5) is 5.40. The van der Waals surface area contributed by atoms with E-state index in [1.807, 2.05) is 41.8 Å². The number of fused-ring (bicyclic) bond motifs is 1. The predicted octanol–water partition coefficient (Wildman–Crippen LogP) is 2.47. The van der Waals surface area contributed by atoms with E-state index in [2.05, 4.69) is 10.1 Å². The fourth-order valence-corrected chi connectivity index (χ4v) is 2.35. The van der Waals surface area contributed by atoms with E-state index < -0.39 is 0 Å². The Bertz CT molecular complexity index is 685. The molecular formula is C13H11N3OS. The first-order chi connectivity index (χ1) is 8.88. The number of hydrogen-bond acceptors (Lipinski definition) is 4. The van der Waals surface area contributed by atoms with Crippen LogP contribution >= 0.6 is 11.3 Å². The van der Waals surface area contributed by atoms with Crippen molar-refractivity contribution in [3.8, 4) is 0 Å². The molecule has 0 spiro atoms. The van der Waals surface area contributed by atoms with Gasteiger partial charge in [-0.05, 0) is 23.6 Å². The molecule has 0 aliphatic rings. The van der Waals surface area contributed by atoms with Crippen LogP contribution in [0.2, 0.25) is 0 Å². The van der Waals surface area contributed by atoms with Crippen molar-refractivity contribution in [3.05, 3.63) is 52.5 Å². The molecule has 0 amide bonds. The molecule has 1 N–H and O–H groups in total. The van der Waals surface area contributed by atoms with Crippen LogP contribution in [0.1, 0.15) is 10.7 Å². The summed E-state index contributed by atoms with van der Waals surface area (Å²) >= 11 is 1.62. The second-order valence-electron chi connectivity index (χ2n) is 3.75. The molecular weight excluding hydrogens is 246 g/mol. The van der Waals surface area contributed by atoms with Gasteiger partial charge in [0.25, 0.3) is 0 Å². The monoisotopic (exact) mass is 257 g/mol. The summed E-state index contributed by atoms with van der Waals surface area (Å²) in [5, 5.41) is 15.7. The lowest BCUT2D eigenvalue weighted by atomic mass is 10.3. The van der Waals surface area contributed by atoms with Crippen molar-refractivity contribution in [1.29, 1.82) is 0 Å². The highest BCUT2D eigenvalue weighted by Gasteiger charge is 2.07. The highest BCUT2D eigenvalue weighted by Crippen LogP contribution is 2.16. The Labute approximate surface area is 108 Å². The minimum atomic E-state index is -0.129. The Morgan fingerprint density at radius 3 is 2.94 bits per heavy atom. The summed E-state index contributed by atoms with van der Waals surface area (Å²) in [6, 6.07) is 11.7. The number of rotatable bonds is 3. The van der Waals surface area contributed by atoms with E-state index in [-0.39, 0.29) is 6.61 Å². The number of aliphatic hydroxyl groups excluding tert-OH is 1. The standard InChI is InChI=1S/C13H11N3OS/c17-9-13-15-11-5-1-2-6-12(11)16(13)14-8-10-4-3-7-18-10/h1-8,17H,9H2. The number of imidazole rings is 1. The Balaban J connectivity index is 2.09. The first kappa shape index (κ1) is 11.1. The normalized spacial score (nSPS) is 11.6. The molecule has 0 fully saturated rings. The third-order valence-corrected chi connectivity index (χ3v) is 3.40.